The lowest BCUT2D eigenvalue weighted by molar-refractivity contribution is -0.142. The van der Waals surface area contributed by atoms with E-state index in [0.717, 1.165) is 32.4 Å². The lowest BCUT2D eigenvalue weighted by atomic mass is 9.98. The molecular weight excluding hydrogens is 1130 g/mol. The van der Waals surface area contributed by atoms with E-state index < -0.39 is 57.0 Å². The van der Waals surface area contributed by atoms with Crippen LogP contribution in [0.3, 0.4) is 0 Å². The molecule has 0 radical (unpaired) electrons. The van der Waals surface area contributed by atoms with Crippen LogP contribution in [0.2, 0.25) is 0 Å². The average molecular weight is 1190 g/mol. The third-order valence-corrected chi connectivity index (χ3v) is 14.9. The van der Waals surface area contributed by atoms with Gasteiger partial charge in [0.15, 0.2) is 0 Å². The topological polar surface area (TPSA) is 295 Å². The Morgan fingerprint density at radius 1 is 0.846 bits per heavy atom. The van der Waals surface area contributed by atoms with Crippen molar-refractivity contribution in [3.05, 3.63) is 136 Å². The van der Waals surface area contributed by atoms with Crippen LogP contribution >= 0.6 is 45.3 Å². The molecule has 0 saturated heterocycles. The van der Waals surface area contributed by atoms with Gasteiger partial charge < -0.3 is 60.4 Å². The number of halogens is 1. The number of alkyl carbamates (subject to hydrolysis) is 2. The van der Waals surface area contributed by atoms with Crippen molar-refractivity contribution >= 4 is 103 Å². The van der Waals surface area contributed by atoms with E-state index in [9.17, 15) is 28.5 Å². The summed E-state index contributed by atoms with van der Waals surface area (Å²) in [6.07, 6.45) is 0.478. The maximum absolute atomic E-state index is 13.4. The molecule has 1 aliphatic rings. The summed E-state index contributed by atoms with van der Waals surface area (Å²) in [5.74, 6) is 3.29. The third-order valence-electron chi connectivity index (χ3n) is 11.4. The second-order valence-electron chi connectivity index (χ2n) is 16.9. The average Bonchev–Trinajstić information content (AvgIpc) is 3.78. The Morgan fingerprint density at radius 3 is 2.35 bits per heavy atom. The summed E-state index contributed by atoms with van der Waals surface area (Å²) in [5.41, 5.74) is 7.07. The van der Waals surface area contributed by atoms with Crippen LogP contribution < -0.4 is 31.3 Å². The van der Waals surface area contributed by atoms with Gasteiger partial charge in [0, 0.05) is 51.3 Å². The number of phosphoric ester groups is 1. The van der Waals surface area contributed by atoms with Gasteiger partial charge in [0.2, 0.25) is 5.91 Å². The van der Waals surface area contributed by atoms with E-state index in [2.05, 4.69) is 68.8 Å². The van der Waals surface area contributed by atoms with Crippen molar-refractivity contribution in [2.75, 3.05) is 62.5 Å². The van der Waals surface area contributed by atoms with Crippen LogP contribution in [-0.2, 0) is 50.7 Å². The molecule has 78 heavy (non-hydrogen) atoms. The van der Waals surface area contributed by atoms with E-state index in [1.165, 1.54) is 27.9 Å². The van der Waals surface area contributed by atoms with Gasteiger partial charge in [-0.15, -0.1) is 0 Å². The number of ether oxygens (including phenoxy) is 4. The Bertz CT molecular complexity index is 3210. The molecule has 0 spiro atoms. The highest BCUT2D eigenvalue weighted by Crippen LogP contribution is 2.45. The Hall–Kier alpha value is -7.20. The van der Waals surface area contributed by atoms with Crippen LogP contribution in [0.1, 0.15) is 41.5 Å². The van der Waals surface area contributed by atoms with Gasteiger partial charge in [-0.05, 0) is 89.4 Å². The van der Waals surface area contributed by atoms with Gasteiger partial charge in [0.05, 0.1) is 31.0 Å². The number of anilines is 3. The molecule has 1 aliphatic carbocycles. The number of nitrogens with zero attached hydrogens (tertiary/aromatic N) is 2. The highest BCUT2D eigenvalue weighted by Gasteiger charge is 2.30. The number of phosphoric acid groups is 1. The molecule has 4 amide bonds. The molecule has 8 N–H and O–H groups in total. The van der Waals surface area contributed by atoms with Gasteiger partial charge in [-0.3, -0.25) is 14.1 Å². The molecule has 408 valence electrons. The van der Waals surface area contributed by atoms with Crippen molar-refractivity contribution in [3.63, 3.8) is 0 Å². The number of rotatable bonds is 27. The van der Waals surface area contributed by atoms with E-state index in [1.54, 1.807) is 37.3 Å². The molecular formula is C53H53BrN7O14PS2. The summed E-state index contributed by atoms with van der Waals surface area (Å²) in [5, 5.41) is 23.7. The van der Waals surface area contributed by atoms with Crippen LogP contribution in [0.4, 0.5) is 26.8 Å². The highest BCUT2D eigenvalue weighted by molar-refractivity contribution is 9.10. The SMILES string of the molecule is CC#CC(=O)Nc1cc2c(Nc3cccc(Br)c3)ncnc2cc1OCCCNC(=O)OCc1ccc(SSCC(NC(=O)OCC2c3ccccc3-c3ccccc32)C(=O)NCCOP(=O)(O)O)c(CCOCC(=O)O)c1. The van der Waals surface area contributed by atoms with E-state index in [0.29, 0.717) is 50.6 Å². The van der Waals surface area contributed by atoms with Gasteiger partial charge in [0.1, 0.15) is 43.8 Å². The number of amides is 4. The molecule has 7 rings (SSSR count). The number of carbonyl (C=O) groups is 5. The Morgan fingerprint density at radius 2 is 1.62 bits per heavy atom. The van der Waals surface area contributed by atoms with Crippen molar-refractivity contribution in [2.24, 2.45) is 0 Å². The van der Waals surface area contributed by atoms with Gasteiger partial charge >= 0.3 is 26.0 Å². The number of hydrogen-bond acceptors (Lipinski definition) is 16. The predicted molar refractivity (Wildman–Crippen MR) is 297 cm³/mol. The Kier molecular flexibility index (Phi) is 21.7. The Labute approximate surface area is 464 Å². The monoisotopic (exact) mass is 1190 g/mol. The number of aliphatic carboxylic acids is 1. The molecule has 6 aromatic rings. The van der Waals surface area contributed by atoms with Crippen molar-refractivity contribution in [3.8, 4) is 28.7 Å². The molecule has 25 heteroatoms. The summed E-state index contributed by atoms with van der Waals surface area (Å²) < 4.78 is 39.1. The second kappa shape index (κ2) is 29.0. The Balaban J connectivity index is 0.932. The largest absolute Gasteiger partial charge is 0.491 e. The van der Waals surface area contributed by atoms with Crippen molar-refractivity contribution in [1.82, 2.24) is 25.9 Å². The maximum Gasteiger partial charge on any atom is 0.469 e. The number of aromatic nitrogens is 2. The normalized spacial score (nSPS) is 12.0. The molecule has 1 unspecified atom stereocenters. The molecule has 0 fully saturated rings. The molecule has 0 bridgehead atoms. The van der Waals surface area contributed by atoms with Crippen molar-refractivity contribution in [2.45, 2.75) is 43.2 Å². The first-order valence-corrected chi connectivity index (χ1v) is 28.7. The zero-order valence-corrected chi connectivity index (χ0v) is 45.8. The number of carbonyl (C=O) groups excluding carboxylic acids is 4. The lowest BCUT2D eigenvalue weighted by Crippen LogP contribution is -2.49. The zero-order valence-electron chi connectivity index (χ0n) is 41.7. The van der Waals surface area contributed by atoms with Gasteiger partial charge in [-0.25, -0.2) is 28.9 Å². The highest BCUT2D eigenvalue weighted by atomic mass is 79.9. The summed E-state index contributed by atoms with van der Waals surface area (Å²) >= 11 is 3.47. The number of benzene rings is 5. The number of carboxylic acid groups (broad SMARTS) is 1. The number of carboxylic acids is 1. The van der Waals surface area contributed by atoms with E-state index >= 15 is 0 Å². The van der Waals surface area contributed by atoms with Crippen molar-refractivity contribution < 1.29 is 66.9 Å². The summed E-state index contributed by atoms with van der Waals surface area (Å²) in [6, 6.07) is 30.7. The molecule has 0 saturated carbocycles. The predicted octanol–water partition coefficient (Wildman–Crippen LogP) is 8.31. The van der Waals surface area contributed by atoms with Crippen molar-refractivity contribution in [1.29, 1.82) is 0 Å². The quantitative estimate of drug-likeness (QED) is 0.0104. The minimum atomic E-state index is -4.79. The van der Waals surface area contributed by atoms with Crippen LogP contribution in [-0.4, -0.2) is 113 Å². The molecule has 1 aromatic heterocycles. The van der Waals surface area contributed by atoms with E-state index in [-0.39, 0.29) is 57.6 Å². The number of fused-ring (bicyclic) bond motifs is 4. The zero-order chi connectivity index (χ0) is 55.4. The molecule has 21 nitrogen and oxygen atoms in total. The van der Waals surface area contributed by atoms with Gasteiger partial charge in [-0.2, -0.15) is 0 Å². The van der Waals surface area contributed by atoms with Crippen LogP contribution in [0, 0.1) is 11.8 Å². The summed E-state index contributed by atoms with van der Waals surface area (Å²) in [6.45, 7) is 0.494. The van der Waals surface area contributed by atoms with E-state index in [1.807, 2.05) is 72.8 Å². The molecule has 5 aromatic carbocycles. The molecule has 0 aliphatic heterocycles. The van der Waals surface area contributed by atoms with Gasteiger partial charge in [0.25, 0.3) is 5.91 Å². The lowest BCUT2D eigenvalue weighted by Gasteiger charge is -2.20. The minimum absolute atomic E-state index is 0.000441. The van der Waals surface area contributed by atoms with Crippen LogP contribution in [0.25, 0.3) is 22.0 Å². The molecule has 1 atom stereocenters. The smallest absolute Gasteiger partial charge is 0.469 e. The second-order valence-corrected chi connectivity index (χ2v) is 21.4. The standard InChI is InChI=1S/C53H53BrN7O14PS2/c1-2-9-48(62)60-44-26-41-43(57-32-58-50(41)59-36-11-7-10-35(54)25-36)27-46(44)72-21-8-19-56-52(66)73-28-33-16-17-47(34(24-33)18-22-71-30-49(63)64)78-77-31-45(51(65)55-20-23-75-76(68,69)70)61-53(67)74-29-42-39-14-5-3-12-37(39)38-13-4-6-15-40(38)42/h3-7,10-17,24-27,32,42,45H,8,18-23,28-31H2,1H3,(H,55,65)(H,56,66)(H,60,62)(H,61,67)(H,63,64)(H,57,58,59)(H2,68,69,70). The minimum Gasteiger partial charge on any atom is -0.491 e. The van der Waals surface area contributed by atoms with Crippen LogP contribution in [0.15, 0.2) is 119 Å². The number of nitrogens with one attached hydrogen (secondary N) is 5. The van der Waals surface area contributed by atoms with E-state index in [4.69, 9.17) is 33.8 Å². The maximum atomic E-state index is 13.4. The number of hydrogen-bond donors (Lipinski definition) is 8. The molecule has 1 heterocycles. The first-order chi connectivity index (χ1) is 37.6. The van der Waals surface area contributed by atoms with Gasteiger partial charge in [-0.1, -0.05) is 110 Å². The fraction of sp³-hybridized carbons (Fsp3) is 0.264. The fourth-order valence-electron chi connectivity index (χ4n) is 7.95. The van der Waals surface area contributed by atoms with Crippen LogP contribution in [0.5, 0.6) is 5.75 Å². The first kappa shape index (κ1) is 58.5. The first-order valence-electron chi connectivity index (χ1n) is 24.0. The third kappa shape index (κ3) is 17.7. The summed E-state index contributed by atoms with van der Waals surface area (Å²) in [7, 11) is -2.32. The fourth-order valence-corrected chi connectivity index (χ4v) is 11.1. The summed E-state index contributed by atoms with van der Waals surface area (Å²) in [4.78, 5) is 91.1.